The Bertz CT molecular complexity index is 575. The van der Waals surface area contributed by atoms with E-state index in [1.165, 1.54) is 0 Å². The van der Waals surface area contributed by atoms with Gasteiger partial charge in [-0.1, -0.05) is 55.2 Å². The number of carbonyl (C=O) groups is 4. The molecule has 0 spiro atoms. The van der Waals surface area contributed by atoms with Crippen LogP contribution in [0.25, 0.3) is 0 Å². The Hall–Kier alpha value is -1.59. The van der Waals surface area contributed by atoms with Gasteiger partial charge in [0, 0.05) is 3.92 Å². The second-order valence-corrected chi connectivity index (χ2v) is 9.53. The molecule has 2 amide bonds. The van der Waals surface area contributed by atoms with Gasteiger partial charge in [0.05, 0.1) is 13.2 Å². The summed E-state index contributed by atoms with van der Waals surface area (Å²) in [5.41, 5.74) is -0.745. The number of alkyl halides is 1. The maximum absolute atomic E-state index is 13.0. The van der Waals surface area contributed by atoms with Crippen LogP contribution in [-0.2, 0) is 28.6 Å². The third kappa shape index (κ3) is 12.8. The number of rotatable bonds is 13. The smallest absolute Gasteiger partial charge is 0.408 e. The number of hydrogen-bond donors (Lipinski definition) is 2. The second-order valence-electron chi connectivity index (χ2n) is 7.93. The van der Waals surface area contributed by atoms with Crippen LogP contribution in [0, 0.1) is 0 Å². The first-order valence-electron chi connectivity index (χ1n) is 10.7. The molecular formula is C21H37IN2O7. The van der Waals surface area contributed by atoms with Crippen molar-refractivity contribution in [3.63, 3.8) is 0 Å². The van der Waals surface area contributed by atoms with Crippen molar-refractivity contribution in [2.75, 3.05) is 13.2 Å². The van der Waals surface area contributed by atoms with Gasteiger partial charge in [-0.25, -0.2) is 14.4 Å². The van der Waals surface area contributed by atoms with E-state index in [9.17, 15) is 19.2 Å². The molecule has 0 aromatic carbocycles. The summed E-state index contributed by atoms with van der Waals surface area (Å²) >= 11 is 2.09. The summed E-state index contributed by atoms with van der Waals surface area (Å²) in [7, 11) is 0. The van der Waals surface area contributed by atoms with Crippen molar-refractivity contribution in [2.45, 2.75) is 95.3 Å². The third-order valence-electron chi connectivity index (χ3n) is 3.98. The molecule has 0 unspecified atom stereocenters. The van der Waals surface area contributed by atoms with Crippen molar-refractivity contribution in [3.05, 3.63) is 0 Å². The predicted molar refractivity (Wildman–Crippen MR) is 125 cm³/mol. The van der Waals surface area contributed by atoms with Gasteiger partial charge in [0.15, 0.2) is 0 Å². The molecule has 2 N–H and O–H groups in total. The first kappa shape index (κ1) is 29.4. The van der Waals surface area contributed by atoms with E-state index in [0.717, 1.165) is 25.7 Å². The maximum atomic E-state index is 13.0. The molecule has 0 bridgehead atoms. The van der Waals surface area contributed by atoms with Gasteiger partial charge in [-0.05, 0) is 41.0 Å². The van der Waals surface area contributed by atoms with Crippen molar-refractivity contribution in [1.29, 1.82) is 0 Å². The molecule has 10 heteroatoms. The largest absolute Gasteiger partial charge is 0.464 e. The lowest BCUT2D eigenvalue weighted by molar-refractivity contribution is -0.159. The summed E-state index contributed by atoms with van der Waals surface area (Å²) in [4.78, 5) is 49.7. The van der Waals surface area contributed by atoms with Gasteiger partial charge in [-0.15, -0.1) is 0 Å². The third-order valence-corrected chi connectivity index (χ3v) is 5.32. The summed E-state index contributed by atoms with van der Waals surface area (Å²) in [5.74, 6) is -2.52. The molecular weight excluding hydrogens is 519 g/mol. The number of nitrogens with one attached hydrogen (secondary N) is 2. The summed E-state index contributed by atoms with van der Waals surface area (Å²) in [6.07, 6.45) is 3.94. The zero-order chi connectivity index (χ0) is 24.0. The standard InChI is InChI=1S/C21H37IN2O7/c1-7-10-11-12-13-14(22)15(24-20(28)31-21(4,5)6)17(25)23-16(18(26)29-8-2)19(27)30-9-3/h14-16H,7-13H2,1-6H3,(H,23,25)(H,24,28)/t14-,15-/m1/s1. The van der Waals surface area contributed by atoms with Gasteiger partial charge < -0.3 is 24.8 Å². The lowest BCUT2D eigenvalue weighted by Gasteiger charge is -2.27. The molecule has 0 aliphatic rings. The van der Waals surface area contributed by atoms with Gasteiger partial charge in [-0.3, -0.25) is 4.79 Å². The number of halogens is 1. The van der Waals surface area contributed by atoms with Crippen LogP contribution in [0.4, 0.5) is 4.79 Å². The van der Waals surface area contributed by atoms with E-state index in [2.05, 4.69) is 40.1 Å². The van der Waals surface area contributed by atoms with E-state index >= 15 is 0 Å². The quantitative estimate of drug-likeness (QED) is 0.0893. The molecule has 0 heterocycles. The fourth-order valence-electron chi connectivity index (χ4n) is 2.58. The molecule has 0 rings (SSSR count). The Morgan fingerprint density at radius 1 is 0.871 bits per heavy atom. The van der Waals surface area contributed by atoms with Crippen LogP contribution in [0.15, 0.2) is 0 Å². The minimum Gasteiger partial charge on any atom is -0.464 e. The fourth-order valence-corrected chi connectivity index (χ4v) is 3.53. The van der Waals surface area contributed by atoms with Crippen LogP contribution in [0.1, 0.15) is 73.6 Å². The molecule has 9 nitrogen and oxygen atoms in total. The highest BCUT2D eigenvalue weighted by atomic mass is 127. The van der Waals surface area contributed by atoms with Crippen LogP contribution < -0.4 is 10.6 Å². The molecule has 31 heavy (non-hydrogen) atoms. The zero-order valence-corrected chi connectivity index (χ0v) is 21.6. The normalized spacial score (nSPS) is 13.2. The average molecular weight is 556 g/mol. The van der Waals surface area contributed by atoms with Gasteiger partial charge in [0.1, 0.15) is 11.6 Å². The molecule has 0 fully saturated rings. The highest BCUT2D eigenvalue weighted by Gasteiger charge is 2.36. The number of esters is 2. The summed E-state index contributed by atoms with van der Waals surface area (Å²) in [5, 5.41) is 4.95. The van der Waals surface area contributed by atoms with E-state index in [1.807, 2.05) is 0 Å². The molecule has 180 valence electrons. The van der Waals surface area contributed by atoms with Gasteiger partial charge >= 0.3 is 18.0 Å². The topological polar surface area (TPSA) is 120 Å². The number of unbranched alkanes of at least 4 members (excludes halogenated alkanes) is 3. The second kappa shape index (κ2) is 15.3. The molecule has 0 radical (unpaired) electrons. The van der Waals surface area contributed by atoms with Crippen LogP contribution >= 0.6 is 22.6 Å². The van der Waals surface area contributed by atoms with E-state index in [-0.39, 0.29) is 17.1 Å². The number of amides is 2. The van der Waals surface area contributed by atoms with Gasteiger partial charge in [0.2, 0.25) is 11.9 Å². The van der Waals surface area contributed by atoms with Crippen LogP contribution in [0.2, 0.25) is 0 Å². The number of alkyl carbamates (subject to hydrolysis) is 1. The molecule has 0 aliphatic carbocycles. The van der Waals surface area contributed by atoms with Crippen molar-refractivity contribution in [2.24, 2.45) is 0 Å². The summed E-state index contributed by atoms with van der Waals surface area (Å²) < 4.78 is 14.8. The average Bonchev–Trinajstić information content (AvgIpc) is 2.66. The molecule has 2 atom stereocenters. The summed E-state index contributed by atoms with van der Waals surface area (Å²) in [6, 6.07) is -2.62. The minimum atomic E-state index is -1.61. The van der Waals surface area contributed by atoms with E-state index in [4.69, 9.17) is 14.2 Å². The molecule has 0 aromatic heterocycles. The molecule has 0 saturated carbocycles. The van der Waals surface area contributed by atoms with Gasteiger partial charge in [0.25, 0.3) is 0 Å². The Morgan fingerprint density at radius 3 is 1.87 bits per heavy atom. The summed E-state index contributed by atoms with van der Waals surface area (Å²) in [6.45, 7) is 10.5. The van der Waals surface area contributed by atoms with Crippen LogP contribution in [0.3, 0.4) is 0 Å². The Kier molecular flexibility index (Phi) is 14.5. The fraction of sp³-hybridized carbons (Fsp3) is 0.810. The van der Waals surface area contributed by atoms with Crippen LogP contribution in [-0.4, -0.2) is 58.8 Å². The Labute approximate surface area is 198 Å². The Morgan fingerprint density at radius 2 is 1.42 bits per heavy atom. The SMILES string of the molecule is CCCCCC[C@@H](I)[C@@H](NC(=O)OC(C)(C)C)C(=O)NC(C(=O)OCC)C(=O)OCC. The van der Waals surface area contributed by atoms with Crippen molar-refractivity contribution >= 4 is 46.5 Å². The Balaban J connectivity index is 5.47. The number of hydrogen-bond acceptors (Lipinski definition) is 7. The first-order valence-corrected chi connectivity index (χ1v) is 12.0. The molecule has 0 aromatic rings. The molecule has 0 saturated heterocycles. The van der Waals surface area contributed by atoms with Crippen LogP contribution in [0.5, 0.6) is 0 Å². The van der Waals surface area contributed by atoms with Gasteiger partial charge in [-0.2, -0.15) is 0 Å². The van der Waals surface area contributed by atoms with E-state index < -0.39 is 41.6 Å². The van der Waals surface area contributed by atoms with Crippen molar-refractivity contribution in [3.8, 4) is 0 Å². The zero-order valence-electron chi connectivity index (χ0n) is 19.4. The molecule has 0 aliphatic heterocycles. The van der Waals surface area contributed by atoms with Crippen molar-refractivity contribution < 1.29 is 33.4 Å². The lowest BCUT2D eigenvalue weighted by Crippen LogP contribution is -2.57. The lowest BCUT2D eigenvalue weighted by atomic mass is 10.1. The maximum Gasteiger partial charge on any atom is 0.408 e. The highest BCUT2D eigenvalue weighted by molar-refractivity contribution is 14.1. The minimum absolute atomic E-state index is 0.0382. The number of ether oxygens (including phenoxy) is 3. The monoisotopic (exact) mass is 556 g/mol. The highest BCUT2D eigenvalue weighted by Crippen LogP contribution is 2.18. The first-order chi connectivity index (χ1) is 14.5. The number of carbonyl (C=O) groups excluding carboxylic acids is 4. The van der Waals surface area contributed by atoms with E-state index in [0.29, 0.717) is 6.42 Å². The van der Waals surface area contributed by atoms with Crippen molar-refractivity contribution in [1.82, 2.24) is 10.6 Å². The predicted octanol–water partition coefficient (Wildman–Crippen LogP) is 3.26. The van der Waals surface area contributed by atoms with E-state index in [1.54, 1.807) is 34.6 Å².